The van der Waals surface area contributed by atoms with Crippen LogP contribution in [0, 0.1) is 30.1 Å². The molecule has 0 saturated heterocycles. The van der Waals surface area contributed by atoms with Crippen molar-refractivity contribution >= 4 is 0 Å². The molecule has 4 aliphatic rings. The van der Waals surface area contributed by atoms with Crippen LogP contribution in [-0.4, -0.2) is 16.2 Å². The summed E-state index contributed by atoms with van der Waals surface area (Å²) in [6, 6.07) is 4.16. The lowest BCUT2D eigenvalue weighted by molar-refractivity contribution is -0.0757. The van der Waals surface area contributed by atoms with Crippen LogP contribution in [0.5, 0.6) is 0 Å². The normalized spacial score (nSPS) is 38.7. The van der Waals surface area contributed by atoms with Gasteiger partial charge in [-0.15, -0.1) is 0 Å². The molecular formula is C19H27NO. The molecule has 2 heteroatoms. The Morgan fingerprint density at radius 2 is 1.76 bits per heavy atom. The SMILES string of the molecule is Cc1ccc(CC(O)CC23CC4CC(CC(C4)C2)C3)nc1. The first kappa shape index (κ1) is 13.8. The Morgan fingerprint density at radius 1 is 1.14 bits per heavy atom. The maximum absolute atomic E-state index is 10.6. The van der Waals surface area contributed by atoms with Crippen LogP contribution < -0.4 is 0 Å². The number of hydrogen-bond acceptors (Lipinski definition) is 2. The number of nitrogens with zero attached hydrogens (tertiary/aromatic N) is 1. The maximum atomic E-state index is 10.6. The molecule has 0 amide bonds. The molecule has 4 aliphatic carbocycles. The molecule has 4 fully saturated rings. The third-order valence-electron chi connectivity index (χ3n) is 6.25. The molecule has 1 N–H and O–H groups in total. The Morgan fingerprint density at radius 3 is 2.29 bits per heavy atom. The minimum absolute atomic E-state index is 0.212. The molecule has 0 spiro atoms. The first-order valence-corrected chi connectivity index (χ1v) is 8.70. The van der Waals surface area contributed by atoms with Crippen LogP contribution in [0.1, 0.15) is 56.2 Å². The van der Waals surface area contributed by atoms with Gasteiger partial charge in [0.15, 0.2) is 0 Å². The minimum atomic E-state index is -0.212. The fraction of sp³-hybridized carbons (Fsp3) is 0.737. The monoisotopic (exact) mass is 285 g/mol. The lowest BCUT2D eigenvalue weighted by atomic mass is 9.48. The largest absolute Gasteiger partial charge is 0.393 e. The molecule has 4 saturated carbocycles. The van der Waals surface area contributed by atoms with E-state index in [0.29, 0.717) is 5.41 Å². The molecule has 5 rings (SSSR count). The van der Waals surface area contributed by atoms with Crippen molar-refractivity contribution in [2.75, 3.05) is 0 Å². The molecule has 0 aromatic carbocycles. The highest BCUT2D eigenvalue weighted by atomic mass is 16.3. The van der Waals surface area contributed by atoms with Gasteiger partial charge in [0, 0.05) is 18.3 Å². The van der Waals surface area contributed by atoms with E-state index in [-0.39, 0.29) is 6.10 Å². The molecular weight excluding hydrogens is 258 g/mol. The summed E-state index contributed by atoms with van der Waals surface area (Å²) in [6.45, 7) is 2.06. The number of aryl methyl sites for hydroxylation is 1. The lowest BCUT2D eigenvalue weighted by Gasteiger charge is -2.57. The topological polar surface area (TPSA) is 33.1 Å². The van der Waals surface area contributed by atoms with Crippen molar-refractivity contribution in [3.05, 3.63) is 29.6 Å². The van der Waals surface area contributed by atoms with E-state index in [1.54, 1.807) is 0 Å². The molecule has 0 aliphatic heterocycles. The zero-order chi connectivity index (χ0) is 14.4. The predicted octanol–water partition coefficient (Wildman–Crippen LogP) is 3.90. The third kappa shape index (κ3) is 2.75. The molecule has 1 atom stereocenters. The van der Waals surface area contributed by atoms with Crippen molar-refractivity contribution in [2.24, 2.45) is 23.2 Å². The van der Waals surface area contributed by atoms with Gasteiger partial charge in [0.2, 0.25) is 0 Å². The van der Waals surface area contributed by atoms with Crippen LogP contribution in [0.3, 0.4) is 0 Å². The van der Waals surface area contributed by atoms with Gasteiger partial charge in [0.1, 0.15) is 0 Å². The number of hydrogen-bond donors (Lipinski definition) is 1. The summed E-state index contributed by atoms with van der Waals surface area (Å²) in [5, 5.41) is 10.6. The average Bonchev–Trinajstić information content (AvgIpc) is 2.39. The van der Waals surface area contributed by atoms with Gasteiger partial charge >= 0.3 is 0 Å². The Labute approximate surface area is 128 Å². The van der Waals surface area contributed by atoms with Crippen molar-refractivity contribution in [3.8, 4) is 0 Å². The van der Waals surface area contributed by atoms with Crippen molar-refractivity contribution in [1.82, 2.24) is 4.98 Å². The molecule has 4 bridgehead atoms. The van der Waals surface area contributed by atoms with Crippen LogP contribution in [-0.2, 0) is 6.42 Å². The summed E-state index contributed by atoms with van der Waals surface area (Å²) in [5.41, 5.74) is 2.70. The molecule has 114 valence electrons. The van der Waals surface area contributed by atoms with Crippen molar-refractivity contribution in [2.45, 2.75) is 64.4 Å². The van der Waals surface area contributed by atoms with E-state index in [1.165, 1.54) is 44.1 Å². The van der Waals surface area contributed by atoms with Gasteiger partial charge in [-0.25, -0.2) is 0 Å². The van der Waals surface area contributed by atoms with E-state index in [0.717, 1.165) is 36.3 Å². The number of rotatable bonds is 4. The summed E-state index contributed by atoms with van der Waals surface area (Å²) >= 11 is 0. The highest BCUT2D eigenvalue weighted by Gasteiger charge is 2.51. The number of aromatic nitrogens is 1. The molecule has 1 heterocycles. The van der Waals surface area contributed by atoms with Crippen LogP contribution in [0.15, 0.2) is 18.3 Å². The molecule has 2 nitrogen and oxygen atoms in total. The lowest BCUT2D eigenvalue weighted by Crippen LogP contribution is -2.47. The molecule has 21 heavy (non-hydrogen) atoms. The second-order valence-corrected chi connectivity index (χ2v) is 8.31. The zero-order valence-electron chi connectivity index (χ0n) is 13.1. The van der Waals surface area contributed by atoms with Gasteiger partial charge in [0.05, 0.1) is 6.10 Å². The van der Waals surface area contributed by atoms with Gasteiger partial charge < -0.3 is 5.11 Å². The van der Waals surface area contributed by atoms with Crippen molar-refractivity contribution in [3.63, 3.8) is 0 Å². The van der Waals surface area contributed by atoms with Gasteiger partial charge in [-0.3, -0.25) is 4.98 Å². The quantitative estimate of drug-likeness (QED) is 0.910. The average molecular weight is 285 g/mol. The smallest absolute Gasteiger partial charge is 0.0600 e. The van der Waals surface area contributed by atoms with Crippen molar-refractivity contribution < 1.29 is 5.11 Å². The van der Waals surface area contributed by atoms with Crippen LogP contribution in [0.4, 0.5) is 0 Å². The van der Waals surface area contributed by atoms with E-state index in [2.05, 4.69) is 24.0 Å². The summed E-state index contributed by atoms with van der Waals surface area (Å²) in [5.74, 6) is 2.92. The van der Waals surface area contributed by atoms with E-state index in [9.17, 15) is 5.11 Å². The van der Waals surface area contributed by atoms with Gasteiger partial charge in [-0.2, -0.15) is 0 Å². The third-order valence-corrected chi connectivity index (χ3v) is 6.25. The highest BCUT2D eigenvalue weighted by molar-refractivity contribution is 5.13. The second-order valence-electron chi connectivity index (χ2n) is 8.31. The second kappa shape index (κ2) is 5.08. The van der Waals surface area contributed by atoms with Gasteiger partial charge in [-0.1, -0.05) is 6.07 Å². The zero-order valence-corrected chi connectivity index (χ0v) is 13.1. The minimum Gasteiger partial charge on any atom is -0.393 e. The van der Waals surface area contributed by atoms with Gasteiger partial charge in [0.25, 0.3) is 0 Å². The summed E-state index contributed by atoms with van der Waals surface area (Å²) in [7, 11) is 0. The summed E-state index contributed by atoms with van der Waals surface area (Å²) in [6.07, 6.45) is 12.0. The predicted molar refractivity (Wildman–Crippen MR) is 83.9 cm³/mol. The number of aliphatic hydroxyl groups is 1. The van der Waals surface area contributed by atoms with Crippen LogP contribution in [0.25, 0.3) is 0 Å². The first-order valence-electron chi connectivity index (χ1n) is 8.70. The Kier molecular flexibility index (Phi) is 3.33. The fourth-order valence-corrected chi connectivity index (χ4v) is 5.97. The molecule has 1 unspecified atom stereocenters. The van der Waals surface area contributed by atoms with E-state index < -0.39 is 0 Å². The van der Waals surface area contributed by atoms with Crippen LogP contribution >= 0.6 is 0 Å². The molecule has 1 aromatic rings. The first-order chi connectivity index (χ1) is 10.1. The van der Waals surface area contributed by atoms with E-state index in [4.69, 9.17) is 0 Å². The maximum Gasteiger partial charge on any atom is 0.0600 e. The molecule has 0 radical (unpaired) electrons. The fourth-order valence-electron chi connectivity index (χ4n) is 5.97. The van der Waals surface area contributed by atoms with E-state index >= 15 is 0 Å². The van der Waals surface area contributed by atoms with Crippen molar-refractivity contribution in [1.29, 1.82) is 0 Å². The highest BCUT2D eigenvalue weighted by Crippen LogP contribution is 2.61. The Balaban J connectivity index is 1.42. The molecule has 1 aromatic heterocycles. The summed E-state index contributed by atoms with van der Waals surface area (Å²) < 4.78 is 0. The Hall–Kier alpha value is -0.890. The van der Waals surface area contributed by atoms with E-state index in [1.807, 2.05) is 6.20 Å². The standard InChI is InChI=1S/C19H27NO/c1-13-2-3-17(20-12-13)7-18(21)11-19-8-14-4-15(9-19)6-16(5-14)10-19/h2-3,12,14-16,18,21H,4-11H2,1H3. The number of aliphatic hydroxyl groups excluding tert-OH is 1. The number of pyridine rings is 1. The summed E-state index contributed by atoms with van der Waals surface area (Å²) in [4.78, 5) is 4.45. The van der Waals surface area contributed by atoms with Crippen LogP contribution in [0.2, 0.25) is 0 Å². The Bertz CT molecular complexity index is 472. The van der Waals surface area contributed by atoms with Gasteiger partial charge in [-0.05, 0) is 86.7 Å².